The van der Waals surface area contributed by atoms with E-state index in [4.69, 9.17) is 4.74 Å². The van der Waals surface area contributed by atoms with Gasteiger partial charge >= 0.3 is 6.03 Å². The molecule has 1 spiro atoms. The summed E-state index contributed by atoms with van der Waals surface area (Å²) in [7, 11) is 1.59. The molecule has 7 heteroatoms. The highest BCUT2D eigenvalue weighted by atomic mass is 32.2. The summed E-state index contributed by atoms with van der Waals surface area (Å²) in [6.07, 6.45) is 0. The van der Waals surface area contributed by atoms with Crippen molar-refractivity contribution in [2.24, 2.45) is 0 Å². The minimum atomic E-state index is -1.07. The molecule has 1 saturated heterocycles. The average Bonchev–Trinajstić information content (AvgIpc) is 3.38. The van der Waals surface area contributed by atoms with Crippen LogP contribution in [0.1, 0.15) is 16.7 Å². The van der Waals surface area contributed by atoms with Crippen LogP contribution in [-0.2, 0) is 16.2 Å². The van der Waals surface area contributed by atoms with E-state index in [0.717, 1.165) is 16.8 Å². The molecule has 0 saturated carbocycles. The van der Waals surface area contributed by atoms with Gasteiger partial charge in [0.1, 0.15) is 5.75 Å². The van der Waals surface area contributed by atoms with E-state index in [0.29, 0.717) is 30.3 Å². The first kappa shape index (κ1) is 21.4. The first-order valence-electron chi connectivity index (χ1n) is 10.9. The molecule has 6 nitrogen and oxygen atoms in total. The van der Waals surface area contributed by atoms with Crippen LogP contribution < -0.4 is 15.0 Å². The lowest BCUT2D eigenvalue weighted by Crippen LogP contribution is -2.51. The number of hydrogen-bond donors (Lipinski definition) is 1. The standard InChI is InChI=1S/C26H25N3O3S/c1-18-10-12-19(13-11-18)17-28-23-9-4-3-8-22(23)26(24(28)30)29(14-15-33-26)25(31)27-20-6-5-7-21(16-20)32-2/h3-13,16H,14-15,17H2,1-2H3,(H,27,31). The molecule has 33 heavy (non-hydrogen) atoms. The number of anilines is 2. The Bertz CT molecular complexity index is 1210. The third-order valence-corrected chi connectivity index (χ3v) is 7.55. The SMILES string of the molecule is COc1cccc(NC(=O)N2CCSC23C(=O)N(Cc2ccc(C)cc2)c2ccccc23)c1. The monoisotopic (exact) mass is 459 g/mol. The number of carbonyl (C=O) groups is 2. The summed E-state index contributed by atoms with van der Waals surface area (Å²) >= 11 is 1.52. The van der Waals surface area contributed by atoms with E-state index in [2.05, 4.69) is 17.4 Å². The molecule has 3 aromatic carbocycles. The van der Waals surface area contributed by atoms with Crippen LogP contribution in [0.4, 0.5) is 16.2 Å². The smallest absolute Gasteiger partial charge is 0.323 e. The fourth-order valence-electron chi connectivity index (χ4n) is 4.49. The van der Waals surface area contributed by atoms with Crippen LogP contribution in [0.5, 0.6) is 5.75 Å². The molecule has 2 aliphatic heterocycles. The normalized spacial score (nSPS) is 19.2. The zero-order valence-electron chi connectivity index (χ0n) is 18.6. The summed E-state index contributed by atoms with van der Waals surface area (Å²) in [5.74, 6) is 1.27. The van der Waals surface area contributed by atoms with E-state index < -0.39 is 4.87 Å². The lowest BCUT2D eigenvalue weighted by molar-refractivity contribution is -0.123. The van der Waals surface area contributed by atoms with Crippen molar-refractivity contribution in [1.29, 1.82) is 0 Å². The number of rotatable bonds is 4. The number of carbonyl (C=O) groups excluding carboxylic acids is 2. The van der Waals surface area contributed by atoms with Crippen molar-refractivity contribution in [3.63, 3.8) is 0 Å². The number of benzene rings is 3. The minimum absolute atomic E-state index is 0.0763. The van der Waals surface area contributed by atoms with Gasteiger partial charge in [-0.2, -0.15) is 0 Å². The van der Waals surface area contributed by atoms with Gasteiger partial charge in [-0.3, -0.25) is 9.69 Å². The quantitative estimate of drug-likeness (QED) is 0.598. The van der Waals surface area contributed by atoms with Crippen LogP contribution in [0.3, 0.4) is 0 Å². The van der Waals surface area contributed by atoms with Gasteiger partial charge < -0.3 is 15.0 Å². The number of urea groups is 1. The average molecular weight is 460 g/mol. The van der Waals surface area contributed by atoms with Gasteiger partial charge in [0.15, 0.2) is 4.87 Å². The molecule has 0 radical (unpaired) electrons. The van der Waals surface area contributed by atoms with Crippen LogP contribution in [0.25, 0.3) is 0 Å². The number of methoxy groups -OCH3 is 1. The van der Waals surface area contributed by atoms with Gasteiger partial charge in [0.2, 0.25) is 0 Å². The number of ether oxygens (including phenoxy) is 1. The number of aryl methyl sites for hydroxylation is 1. The Kier molecular flexibility index (Phi) is 5.50. The largest absolute Gasteiger partial charge is 0.497 e. The van der Waals surface area contributed by atoms with Crippen molar-refractivity contribution in [1.82, 2.24) is 4.90 Å². The second-order valence-corrected chi connectivity index (χ2v) is 9.49. The number of amides is 3. The summed E-state index contributed by atoms with van der Waals surface area (Å²) in [6, 6.07) is 22.9. The lowest BCUT2D eigenvalue weighted by Gasteiger charge is -2.33. The Morgan fingerprint density at radius 3 is 2.67 bits per heavy atom. The van der Waals surface area contributed by atoms with Crippen molar-refractivity contribution < 1.29 is 14.3 Å². The molecule has 3 amide bonds. The molecule has 1 fully saturated rings. The van der Waals surface area contributed by atoms with Crippen LogP contribution in [0, 0.1) is 6.92 Å². The summed E-state index contributed by atoms with van der Waals surface area (Å²) in [4.78, 5) is 29.8. The fourth-order valence-corrected chi connectivity index (χ4v) is 5.95. The van der Waals surface area contributed by atoms with Gasteiger partial charge in [-0.05, 0) is 30.7 Å². The summed E-state index contributed by atoms with van der Waals surface area (Å²) in [6.45, 7) is 2.99. The Morgan fingerprint density at radius 2 is 1.88 bits per heavy atom. The van der Waals surface area contributed by atoms with Crippen molar-refractivity contribution in [2.45, 2.75) is 18.3 Å². The molecule has 0 bridgehead atoms. The number of para-hydroxylation sites is 1. The summed E-state index contributed by atoms with van der Waals surface area (Å²) in [5.41, 5.74) is 4.58. The maximum Gasteiger partial charge on any atom is 0.323 e. The Hall–Kier alpha value is -3.45. The zero-order chi connectivity index (χ0) is 23.0. The molecule has 2 aliphatic rings. The predicted molar refractivity (Wildman–Crippen MR) is 132 cm³/mol. The van der Waals surface area contributed by atoms with E-state index in [1.165, 1.54) is 17.3 Å². The highest BCUT2D eigenvalue weighted by Gasteiger charge is 2.59. The van der Waals surface area contributed by atoms with Gasteiger partial charge in [-0.25, -0.2) is 4.79 Å². The third kappa shape index (κ3) is 3.62. The maximum absolute atomic E-state index is 14.0. The maximum atomic E-state index is 14.0. The predicted octanol–water partition coefficient (Wildman–Crippen LogP) is 4.98. The first-order valence-corrected chi connectivity index (χ1v) is 11.8. The molecule has 0 aliphatic carbocycles. The molecular formula is C26H25N3O3S. The van der Waals surface area contributed by atoms with E-state index in [1.807, 2.05) is 66.4 Å². The Balaban J connectivity index is 1.48. The Labute approximate surface area is 197 Å². The van der Waals surface area contributed by atoms with Gasteiger partial charge in [-0.1, -0.05) is 54.1 Å². The third-order valence-electron chi connectivity index (χ3n) is 6.13. The van der Waals surface area contributed by atoms with Gasteiger partial charge in [0.25, 0.3) is 5.91 Å². The highest BCUT2D eigenvalue weighted by molar-refractivity contribution is 8.01. The van der Waals surface area contributed by atoms with E-state index in [-0.39, 0.29) is 11.9 Å². The van der Waals surface area contributed by atoms with Crippen molar-refractivity contribution >= 4 is 35.1 Å². The second-order valence-electron chi connectivity index (χ2n) is 8.20. The fraction of sp³-hybridized carbons (Fsp3) is 0.231. The van der Waals surface area contributed by atoms with Gasteiger partial charge in [-0.15, -0.1) is 11.8 Å². The van der Waals surface area contributed by atoms with E-state index in [9.17, 15) is 9.59 Å². The minimum Gasteiger partial charge on any atom is -0.497 e. The molecule has 1 atom stereocenters. The number of thioether (sulfide) groups is 1. The number of hydrogen-bond acceptors (Lipinski definition) is 4. The molecule has 1 unspecified atom stereocenters. The molecule has 5 rings (SSSR count). The molecule has 3 aromatic rings. The molecule has 168 valence electrons. The number of nitrogens with zero attached hydrogens (tertiary/aromatic N) is 2. The lowest BCUT2D eigenvalue weighted by atomic mass is 10.1. The summed E-state index contributed by atoms with van der Waals surface area (Å²) in [5, 5.41) is 2.95. The van der Waals surface area contributed by atoms with Crippen LogP contribution in [-0.4, -0.2) is 36.2 Å². The van der Waals surface area contributed by atoms with Gasteiger partial charge in [0, 0.05) is 29.6 Å². The van der Waals surface area contributed by atoms with Crippen LogP contribution >= 0.6 is 11.8 Å². The molecule has 0 aromatic heterocycles. The van der Waals surface area contributed by atoms with Crippen LogP contribution in [0.15, 0.2) is 72.8 Å². The summed E-state index contributed by atoms with van der Waals surface area (Å²) < 4.78 is 5.27. The molecule has 2 heterocycles. The Morgan fingerprint density at radius 1 is 1.09 bits per heavy atom. The van der Waals surface area contributed by atoms with Crippen LogP contribution in [0.2, 0.25) is 0 Å². The highest BCUT2D eigenvalue weighted by Crippen LogP contribution is 2.54. The topological polar surface area (TPSA) is 61.9 Å². The second kappa shape index (κ2) is 8.48. The molecular weight excluding hydrogens is 434 g/mol. The van der Waals surface area contributed by atoms with E-state index in [1.54, 1.807) is 18.1 Å². The number of fused-ring (bicyclic) bond motifs is 2. The van der Waals surface area contributed by atoms with E-state index >= 15 is 0 Å². The number of nitrogens with one attached hydrogen (secondary N) is 1. The molecule has 1 N–H and O–H groups in total. The van der Waals surface area contributed by atoms with Crippen molar-refractivity contribution in [3.05, 3.63) is 89.5 Å². The first-order chi connectivity index (χ1) is 16.0. The van der Waals surface area contributed by atoms with Gasteiger partial charge in [0.05, 0.1) is 19.3 Å². The zero-order valence-corrected chi connectivity index (χ0v) is 19.4. The van der Waals surface area contributed by atoms with Crippen molar-refractivity contribution in [3.8, 4) is 5.75 Å². The van der Waals surface area contributed by atoms with Crippen molar-refractivity contribution in [2.75, 3.05) is 29.6 Å².